The second-order valence-corrected chi connectivity index (χ2v) is 5.70. The maximum atomic E-state index is 10.6. The van der Waals surface area contributed by atoms with Crippen LogP contribution < -0.4 is 9.47 Å². The van der Waals surface area contributed by atoms with Crippen molar-refractivity contribution in [2.24, 2.45) is 0 Å². The van der Waals surface area contributed by atoms with E-state index in [-0.39, 0.29) is 11.7 Å². The van der Waals surface area contributed by atoms with Gasteiger partial charge in [-0.05, 0) is 18.2 Å². The van der Waals surface area contributed by atoms with Crippen LogP contribution in [0.3, 0.4) is 0 Å². The topological polar surface area (TPSA) is 55.8 Å². The Morgan fingerprint density at radius 1 is 1.39 bits per heavy atom. The lowest BCUT2D eigenvalue weighted by atomic mass is 10.3. The molecule has 0 saturated carbocycles. The molecule has 18 heavy (non-hydrogen) atoms. The third kappa shape index (κ3) is 3.57. The Hall–Kier alpha value is -1.36. The normalized spacial score (nSPS) is 15.8. The fourth-order valence-electron chi connectivity index (χ4n) is 1.74. The highest BCUT2D eigenvalue weighted by Gasteiger charge is 2.13. The van der Waals surface area contributed by atoms with E-state index in [9.17, 15) is 4.79 Å². The second-order valence-electron chi connectivity index (χ2n) is 4.19. The monoisotopic (exact) mass is 268 g/mol. The van der Waals surface area contributed by atoms with E-state index in [1.807, 2.05) is 25.1 Å². The van der Waals surface area contributed by atoms with E-state index in [1.165, 1.54) is 11.8 Å². The zero-order chi connectivity index (χ0) is 13.0. The van der Waals surface area contributed by atoms with Crippen molar-refractivity contribution in [3.8, 4) is 11.5 Å². The molecule has 1 heterocycles. The lowest BCUT2D eigenvalue weighted by Crippen LogP contribution is -2.05. The van der Waals surface area contributed by atoms with Crippen LogP contribution in [-0.4, -0.2) is 29.5 Å². The molecule has 0 aromatic heterocycles. The largest absolute Gasteiger partial charge is 0.490 e. The van der Waals surface area contributed by atoms with Gasteiger partial charge >= 0.3 is 5.97 Å². The van der Waals surface area contributed by atoms with Crippen molar-refractivity contribution in [3.63, 3.8) is 0 Å². The molecule has 0 saturated heterocycles. The average molecular weight is 268 g/mol. The van der Waals surface area contributed by atoms with Crippen molar-refractivity contribution < 1.29 is 19.4 Å². The van der Waals surface area contributed by atoms with Crippen LogP contribution in [-0.2, 0) is 4.79 Å². The Morgan fingerprint density at radius 3 is 2.83 bits per heavy atom. The van der Waals surface area contributed by atoms with E-state index in [1.54, 1.807) is 0 Å². The molecular weight excluding hydrogens is 252 g/mol. The van der Waals surface area contributed by atoms with Gasteiger partial charge in [-0.15, -0.1) is 11.8 Å². The minimum atomic E-state index is -0.774. The van der Waals surface area contributed by atoms with Crippen LogP contribution in [0.1, 0.15) is 19.8 Å². The van der Waals surface area contributed by atoms with Crippen molar-refractivity contribution in [1.82, 2.24) is 0 Å². The van der Waals surface area contributed by atoms with Gasteiger partial charge in [0.15, 0.2) is 11.5 Å². The highest BCUT2D eigenvalue weighted by molar-refractivity contribution is 8.00. The van der Waals surface area contributed by atoms with Crippen LogP contribution in [0, 0.1) is 0 Å². The minimum Gasteiger partial charge on any atom is -0.490 e. The number of thioether (sulfide) groups is 1. The number of rotatable bonds is 4. The van der Waals surface area contributed by atoms with E-state index >= 15 is 0 Å². The van der Waals surface area contributed by atoms with Gasteiger partial charge in [0, 0.05) is 16.6 Å². The highest BCUT2D eigenvalue weighted by Crippen LogP contribution is 2.35. The van der Waals surface area contributed by atoms with Crippen molar-refractivity contribution in [2.45, 2.75) is 29.9 Å². The molecule has 0 radical (unpaired) electrons. The Balaban J connectivity index is 2.06. The zero-order valence-corrected chi connectivity index (χ0v) is 11.0. The summed E-state index contributed by atoms with van der Waals surface area (Å²) in [6, 6.07) is 5.75. The number of carboxylic acid groups (broad SMARTS) is 1. The van der Waals surface area contributed by atoms with Crippen molar-refractivity contribution in [3.05, 3.63) is 18.2 Å². The minimum absolute atomic E-state index is 0.0345. The van der Waals surface area contributed by atoms with Crippen LogP contribution in [0.15, 0.2) is 23.1 Å². The average Bonchev–Trinajstić information content (AvgIpc) is 2.52. The van der Waals surface area contributed by atoms with Crippen molar-refractivity contribution >= 4 is 17.7 Å². The summed E-state index contributed by atoms with van der Waals surface area (Å²) in [6.45, 7) is 3.24. The first-order valence-corrected chi connectivity index (χ1v) is 6.81. The molecule has 1 aliphatic rings. The number of fused-ring (bicyclic) bond motifs is 1. The number of ether oxygens (including phenoxy) is 2. The Labute approximate surface area is 110 Å². The van der Waals surface area contributed by atoms with Crippen LogP contribution in [0.2, 0.25) is 0 Å². The third-order valence-corrected chi connectivity index (χ3v) is 3.61. The van der Waals surface area contributed by atoms with Gasteiger partial charge in [0.05, 0.1) is 19.6 Å². The summed E-state index contributed by atoms with van der Waals surface area (Å²) >= 11 is 1.54. The number of aliphatic carboxylic acids is 1. The van der Waals surface area contributed by atoms with Crippen LogP contribution in [0.25, 0.3) is 0 Å². The maximum absolute atomic E-state index is 10.6. The number of hydrogen-bond acceptors (Lipinski definition) is 4. The molecule has 2 rings (SSSR count). The summed E-state index contributed by atoms with van der Waals surface area (Å²) < 4.78 is 11.1. The first-order chi connectivity index (χ1) is 8.65. The molecule has 1 aliphatic heterocycles. The van der Waals surface area contributed by atoms with E-state index in [4.69, 9.17) is 14.6 Å². The van der Waals surface area contributed by atoms with Gasteiger partial charge in [0.2, 0.25) is 0 Å². The van der Waals surface area contributed by atoms with Gasteiger partial charge in [-0.25, -0.2) is 0 Å². The number of benzene rings is 1. The van der Waals surface area contributed by atoms with Crippen molar-refractivity contribution in [2.75, 3.05) is 13.2 Å². The summed E-state index contributed by atoms with van der Waals surface area (Å²) in [5.41, 5.74) is 0. The Morgan fingerprint density at radius 2 is 2.11 bits per heavy atom. The van der Waals surface area contributed by atoms with Crippen LogP contribution in [0.5, 0.6) is 11.5 Å². The Kier molecular flexibility index (Phi) is 4.36. The molecule has 0 amide bonds. The molecule has 0 spiro atoms. The molecule has 1 atom stereocenters. The molecule has 0 bridgehead atoms. The van der Waals surface area contributed by atoms with Gasteiger partial charge in [-0.2, -0.15) is 0 Å². The quantitative estimate of drug-likeness (QED) is 0.851. The number of carboxylic acids is 1. The first-order valence-electron chi connectivity index (χ1n) is 5.93. The van der Waals surface area contributed by atoms with Gasteiger partial charge in [0.1, 0.15) is 0 Å². The van der Waals surface area contributed by atoms with E-state index in [2.05, 4.69) is 0 Å². The Bertz CT molecular complexity index is 433. The fourth-order valence-corrected chi connectivity index (χ4v) is 2.75. The summed E-state index contributed by atoms with van der Waals surface area (Å²) in [4.78, 5) is 11.6. The first kappa shape index (κ1) is 13.1. The summed E-state index contributed by atoms with van der Waals surface area (Å²) in [6.07, 6.45) is 1.03. The van der Waals surface area contributed by atoms with Gasteiger partial charge in [-0.3, -0.25) is 4.79 Å². The number of carbonyl (C=O) groups is 1. The molecule has 98 valence electrons. The van der Waals surface area contributed by atoms with Gasteiger partial charge in [-0.1, -0.05) is 6.92 Å². The zero-order valence-electron chi connectivity index (χ0n) is 10.2. The summed E-state index contributed by atoms with van der Waals surface area (Å²) in [5.74, 6) is 0.743. The molecule has 1 unspecified atom stereocenters. The number of hydrogen-bond donors (Lipinski definition) is 1. The molecule has 0 aliphatic carbocycles. The molecule has 0 fully saturated rings. The lowest BCUT2D eigenvalue weighted by molar-refractivity contribution is -0.136. The molecule has 1 N–H and O–H groups in total. The molecular formula is C13H16O4S. The molecule has 4 nitrogen and oxygen atoms in total. The highest BCUT2D eigenvalue weighted by atomic mass is 32.2. The predicted octanol–water partition coefficient (Wildman–Crippen LogP) is 2.80. The van der Waals surface area contributed by atoms with Crippen LogP contribution >= 0.6 is 11.8 Å². The summed E-state index contributed by atoms with van der Waals surface area (Å²) in [5, 5.41) is 8.77. The standard InChI is InChI=1S/C13H16O4S/c1-9(7-13(14)15)18-10-3-4-11-12(8-10)17-6-2-5-16-11/h3-4,8-9H,2,5-7H2,1H3,(H,14,15). The van der Waals surface area contributed by atoms with Gasteiger partial charge in [0.25, 0.3) is 0 Å². The van der Waals surface area contributed by atoms with E-state index in [0.29, 0.717) is 13.2 Å². The third-order valence-electron chi connectivity index (χ3n) is 2.52. The fraction of sp³-hybridized carbons (Fsp3) is 0.462. The van der Waals surface area contributed by atoms with Crippen LogP contribution in [0.4, 0.5) is 0 Å². The smallest absolute Gasteiger partial charge is 0.304 e. The van der Waals surface area contributed by atoms with E-state index in [0.717, 1.165) is 22.8 Å². The van der Waals surface area contributed by atoms with E-state index < -0.39 is 5.97 Å². The lowest BCUT2D eigenvalue weighted by Gasteiger charge is -2.11. The summed E-state index contributed by atoms with van der Waals surface area (Å²) in [7, 11) is 0. The van der Waals surface area contributed by atoms with Crippen molar-refractivity contribution in [1.29, 1.82) is 0 Å². The molecule has 5 heteroatoms. The molecule has 1 aromatic carbocycles. The van der Waals surface area contributed by atoms with Gasteiger partial charge < -0.3 is 14.6 Å². The molecule has 1 aromatic rings. The second kappa shape index (κ2) is 6.00. The SMILES string of the molecule is CC(CC(=O)O)Sc1ccc2c(c1)OCCCO2. The maximum Gasteiger partial charge on any atom is 0.304 e. The predicted molar refractivity (Wildman–Crippen MR) is 69.6 cm³/mol.